The predicted octanol–water partition coefficient (Wildman–Crippen LogP) is 2.64. The van der Waals surface area contributed by atoms with Crippen molar-refractivity contribution in [2.75, 3.05) is 32.7 Å². The first kappa shape index (κ1) is 15.5. The number of imidazole rings is 1. The van der Waals surface area contributed by atoms with Crippen molar-refractivity contribution >= 4 is 0 Å². The van der Waals surface area contributed by atoms with Gasteiger partial charge in [0.15, 0.2) is 0 Å². The number of aromatic nitrogens is 2. The van der Waals surface area contributed by atoms with Gasteiger partial charge in [-0.05, 0) is 52.4 Å². The van der Waals surface area contributed by atoms with Gasteiger partial charge in [-0.3, -0.25) is 0 Å². The normalized spacial score (nSPS) is 20.7. The Morgan fingerprint density at radius 3 is 2.90 bits per heavy atom. The first-order valence-corrected chi connectivity index (χ1v) is 8.21. The molecule has 4 heteroatoms. The van der Waals surface area contributed by atoms with Gasteiger partial charge in [-0.2, -0.15) is 0 Å². The average Bonchev–Trinajstić information content (AvgIpc) is 3.12. The zero-order valence-electron chi connectivity index (χ0n) is 13.3. The van der Waals surface area contributed by atoms with Gasteiger partial charge >= 0.3 is 0 Å². The fraction of sp³-hybridized carbons (Fsp3) is 0.812. The molecule has 0 radical (unpaired) electrons. The second-order valence-electron chi connectivity index (χ2n) is 5.93. The van der Waals surface area contributed by atoms with Crippen molar-refractivity contribution in [1.29, 1.82) is 0 Å². The van der Waals surface area contributed by atoms with Crippen molar-refractivity contribution in [3.8, 4) is 0 Å². The van der Waals surface area contributed by atoms with Crippen molar-refractivity contribution in [2.45, 2.75) is 52.0 Å². The first-order chi connectivity index (χ1) is 9.76. The number of hydrogen-bond acceptors (Lipinski definition) is 3. The summed E-state index contributed by atoms with van der Waals surface area (Å²) in [5.74, 6) is 0.655. The summed E-state index contributed by atoms with van der Waals surface area (Å²) in [5.41, 5.74) is 1.42. The molecular formula is C16H30N4. The summed E-state index contributed by atoms with van der Waals surface area (Å²) in [7, 11) is 0. The van der Waals surface area contributed by atoms with Crippen LogP contribution in [-0.2, 0) is 0 Å². The van der Waals surface area contributed by atoms with Gasteiger partial charge in [0.05, 0.1) is 6.33 Å². The van der Waals surface area contributed by atoms with Crippen molar-refractivity contribution in [1.82, 2.24) is 19.8 Å². The van der Waals surface area contributed by atoms with Crippen LogP contribution in [0.2, 0.25) is 0 Å². The van der Waals surface area contributed by atoms with E-state index in [9.17, 15) is 0 Å². The molecule has 0 spiro atoms. The third kappa shape index (κ3) is 3.83. The smallest absolute Gasteiger partial charge is 0.0950 e. The second-order valence-corrected chi connectivity index (χ2v) is 5.93. The molecule has 1 aliphatic heterocycles. The third-order valence-corrected chi connectivity index (χ3v) is 4.64. The minimum atomic E-state index is 0.559. The Balaban J connectivity index is 1.86. The highest BCUT2D eigenvalue weighted by Crippen LogP contribution is 2.26. The van der Waals surface area contributed by atoms with Crippen molar-refractivity contribution in [2.24, 2.45) is 0 Å². The van der Waals surface area contributed by atoms with Crippen LogP contribution in [0.1, 0.15) is 57.7 Å². The van der Waals surface area contributed by atoms with Gasteiger partial charge in [-0.1, -0.05) is 13.8 Å². The minimum absolute atomic E-state index is 0.559. The number of rotatable bonds is 8. The van der Waals surface area contributed by atoms with Crippen molar-refractivity contribution in [3.63, 3.8) is 0 Å². The maximum absolute atomic E-state index is 4.39. The lowest BCUT2D eigenvalue weighted by Crippen LogP contribution is -2.24. The van der Waals surface area contributed by atoms with E-state index >= 15 is 0 Å². The molecule has 0 saturated carbocycles. The Kier molecular flexibility index (Phi) is 6.05. The molecule has 2 atom stereocenters. The van der Waals surface area contributed by atoms with Crippen LogP contribution < -0.4 is 5.32 Å². The van der Waals surface area contributed by atoms with Crippen LogP contribution in [0.3, 0.4) is 0 Å². The van der Waals surface area contributed by atoms with Gasteiger partial charge < -0.3 is 14.8 Å². The monoisotopic (exact) mass is 278 g/mol. The predicted molar refractivity (Wildman–Crippen MR) is 84.2 cm³/mol. The van der Waals surface area contributed by atoms with Gasteiger partial charge in [0, 0.05) is 30.4 Å². The molecule has 2 heterocycles. The second kappa shape index (κ2) is 7.79. The summed E-state index contributed by atoms with van der Waals surface area (Å²) in [6, 6.07) is 0.559. The largest absolute Gasteiger partial charge is 0.331 e. The molecule has 1 aliphatic rings. The standard InChI is InChI=1S/C16H30N4/c1-4-19(5-2)10-6-7-14(3)20-13-18-12-16(20)15-8-9-17-11-15/h12-15,17H,4-11H2,1-3H3. The highest BCUT2D eigenvalue weighted by Gasteiger charge is 2.21. The van der Waals surface area contributed by atoms with E-state index in [-0.39, 0.29) is 0 Å². The number of nitrogens with one attached hydrogen (secondary N) is 1. The summed E-state index contributed by atoms with van der Waals surface area (Å²) in [5, 5.41) is 3.45. The van der Waals surface area contributed by atoms with E-state index in [0.29, 0.717) is 12.0 Å². The maximum Gasteiger partial charge on any atom is 0.0950 e. The fourth-order valence-electron chi connectivity index (χ4n) is 3.20. The Bertz CT molecular complexity index is 378. The summed E-state index contributed by atoms with van der Waals surface area (Å²) in [4.78, 5) is 6.89. The maximum atomic E-state index is 4.39. The molecule has 114 valence electrons. The molecule has 0 aliphatic carbocycles. The molecule has 0 aromatic carbocycles. The average molecular weight is 278 g/mol. The van der Waals surface area contributed by atoms with Crippen LogP contribution in [-0.4, -0.2) is 47.2 Å². The van der Waals surface area contributed by atoms with Crippen LogP contribution in [0.4, 0.5) is 0 Å². The summed E-state index contributed by atoms with van der Waals surface area (Å²) in [6.07, 6.45) is 7.84. The molecule has 1 aromatic rings. The van der Waals surface area contributed by atoms with Crippen molar-refractivity contribution < 1.29 is 0 Å². The van der Waals surface area contributed by atoms with E-state index in [4.69, 9.17) is 0 Å². The summed E-state index contributed by atoms with van der Waals surface area (Å²) >= 11 is 0. The minimum Gasteiger partial charge on any atom is -0.331 e. The van der Waals surface area contributed by atoms with Crippen molar-refractivity contribution in [3.05, 3.63) is 18.2 Å². The van der Waals surface area contributed by atoms with Gasteiger partial charge in [-0.15, -0.1) is 0 Å². The Morgan fingerprint density at radius 1 is 1.45 bits per heavy atom. The molecule has 1 fully saturated rings. The lowest BCUT2D eigenvalue weighted by atomic mass is 10.0. The molecule has 1 N–H and O–H groups in total. The molecule has 20 heavy (non-hydrogen) atoms. The van der Waals surface area contributed by atoms with E-state index in [1.165, 1.54) is 31.5 Å². The zero-order valence-corrected chi connectivity index (χ0v) is 13.3. The lowest BCUT2D eigenvalue weighted by molar-refractivity contribution is 0.287. The molecule has 1 saturated heterocycles. The summed E-state index contributed by atoms with van der Waals surface area (Å²) < 4.78 is 2.40. The van der Waals surface area contributed by atoms with E-state index < -0.39 is 0 Å². The fourth-order valence-corrected chi connectivity index (χ4v) is 3.20. The molecule has 2 unspecified atom stereocenters. The zero-order chi connectivity index (χ0) is 14.4. The Hall–Kier alpha value is -0.870. The van der Waals surface area contributed by atoms with Gasteiger partial charge in [0.25, 0.3) is 0 Å². The van der Waals surface area contributed by atoms with E-state index in [1.54, 1.807) is 0 Å². The van der Waals surface area contributed by atoms with Crippen LogP contribution in [0, 0.1) is 0 Å². The van der Waals surface area contributed by atoms with Crippen LogP contribution in [0.5, 0.6) is 0 Å². The Labute approximate surface area is 123 Å². The van der Waals surface area contributed by atoms with Crippen LogP contribution in [0.25, 0.3) is 0 Å². The number of hydrogen-bond donors (Lipinski definition) is 1. The molecule has 1 aromatic heterocycles. The topological polar surface area (TPSA) is 33.1 Å². The van der Waals surface area contributed by atoms with Crippen LogP contribution >= 0.6 is 0 Å². The van der Waals surface area contributed by atoms with E-state index in [1.807, 2.05) is 6.33 Å². The highest BCUT2D eigenvalue weighted by molar-refractivity contribution is 5.10. The SMILES string of the molecule is CCN(CC)CCCC(C)n1cncc1C1CCNC1. The summed E-state index contributed by atoms with van der Waals surface area (Å²) in [6.45, 7) is 12.6. The van der Waals surface area contributed by atoms with Gasteiger partial charge in [0.1, 0.15) is 0 Å². The van der Waals surface area contributed by atoms with E-state index in [2.05, 4.69) is 46.7 Å². The molecule has 4 nitrogen and oxygen atoms in total. The quantitative estimate of drug-likeness (QED) is 0.793. The highest BCUT2D eigenvalue weighted by atomic mass is 15.1. The van der Waals surface area contributed by atoms with E-state index in [0.717, 1.165) is 26.2 Å². The van der Waals surface area contributed by atoms with Gasteiger partial charge in [-0.25, -0.2) is 4.98 Å². The van der Waals surface area contributed by atoms with Crippen LogP contribution in [0.15, 0.2) is 12.5 Å². The van der Waals surface area contributed by atoms with Gasteiger partial charge in [0.2, 0.25) is 0 Å². The molecule has 0 amide bonds. The lowest BCUT2D eigenvalue weighted by Gasteiger charge is -2.22. The number of nitrogens with zero attached hydrogens (tertiary/aromatic N) is 3. The third-order valence-electron chi connectivity index (χ3n) is 4.64. The first-order valence-electron chi connectivity index (χ1n) is 8.21. The molecular weight excluding hydrogens is 248 g/mol. The molecule has 2 rings (SSSR count). The Morgan fingerprint density at radius 2 is 2.25 bits per heavy atom. The molecule has 0 bridgehead atoms.